The summed E-state index contributed by atoms with van der Waals surface area (Å²) in [5.74, 6) is -2.69. The van der Waals surface area contributed by atoms with Gasteiger partial charge in [-0.15, -0.1) is 0 Å². The highest BCUT2D eigenvalue weighted by molar-refractivity contribution is 6.29. The van der Waals surface area contributed by atoms with Crippen molar-refractivity contribution in [2.75, 3.05) is 10.6 Å². The van der Waals surface area contributed by atoms with E-state index in [2.05, 4.69) is 25.3 Å². The molecule has 130 valence electrons. The Balaban J connectivity index is 2.76. The lowest BCUT2D eigenvalue weighted by molar-refractivity contribution is -0.138. The molecule has 0 aliphatic rings. The number of rotatable bonds is 5. The summed E-state index contributed by atoms with van der Waals surface area (Å²) in [6, 6.07) is -6.91. The van der Waals surface area contributed by atoms with Crippen LogP contribution in [0.5, 0.6) is 0 Å². The molecule has 2 rings (SSSR count). The maximum Gasteiger partial charge on any atom is 0.408 e. The Morgan fingerprint density at radius 2 is 1.92 bits per heavy atom. The zero-order chi connectivity index (χ0) is 26.5. The fourth-order valence-corrected chi connectivity index (χ4v) is 1.52. The molecule has 10 heteroatoms. The van der Waals surface area contributed by atoms with Gasteiger partial charge in [-0.3, -0.25) is 0 Å². The van der Waals surface area contributed by atoms with E-state index < -0.39 is 67.4 Å². The molecule has 2 heterocycles. The summed E-state index contributed by atoms with van der Waals surface area (Å²) < 4.78 is 115. The molecule has 2 aromatic rings. The Hall–Kier alpha value is -2.16. The molecule has 2 N–H and O–H groups in total. The first-order valence-corrected chi connectivity index (χ1v) is 6.50. The molecule has 0 saturated heterocycles. The molecule has 0 aromatic carbocycles. The van der Waals surface area contributed by atoms with Crippen LogP contribution in [0.4, 0.5) is 25.1 Å². The lowest BCUT2D eigenvalue weighted by atomic mass is 10.3. The Morgan fingerprint density at radius 1 is 1.21 bits per heavy atom. The lowest BCUT2D eigenvalue weighted by Crippen LogP contribution is -2.34. The van der Waals surface area contributed by atoms with E-state index in [4.69, 9.17) is 25.3 Å². The van der Waals surface area contributed by atoms with Crippen molar-refractivity contribution in [3.63, 3.8) is 0 Å². The van der Waals surface area contributed by atoms with E-state index in [1.54, 1.807) is 0 Å². The summed E-state index contributed by atoms with van der Waals surface area (Å²) in [7, 11) is 0. The molecule has 0 spiro atoms. The van der Waals surface area contributed by atoms with Crippen LogP contribution in [0, 0.1) is 0 Å². The number of halogens is 4. The van der Waals surface area contributed by atoms with E-state index in [-0.39, 0.29) is 5.15 Å². The molecule has 0 amide bonds. The number of anilines is 2. The number of nitrogens with one attached hydrogen (secondary N) is 2. The third kappa shape index (κ3) is 4.92. The summed E-state index contributed by atoms with van der Waals surface area (Å²) >= 11 is 5.77. The highest BCUT2D eigenvalue weighted by atomic mass is 35.5. The molecule has 6 nitrogen and oxygen atoms in total. The maximum absolute atomic E-state index is 13.5. The smallest absolute Gasteiger partial charge is 0.352 e. The highest BCUT2D eigenvalue weighted by Gasteiger charge is 2.36. The highest BCUT2D eigenvalue weighted by Crippen LogP contribution is 2.24. The standard InChI is InChI=1S/C14H16ClF3N6/c1-7(2)19-12-22-11(9-5-4-6-10(15)21-9)23-13(24-12)20-8(3)14(16,17)18/h4-8H,1-3H3,(H2,19,20,22,23,24)/t8-/m1/s1/i1D3,3D3,4D,5D,7D,8D/t7-,8-. The van der Waals surface area contributed by atoms with Crippen LogP contribution < -0.4 is 10.6 Å². The van der Waals surface area contributed by atoms with E-state index in [1.165, 1.54) is 5.32 Å². The first-order valence-electron chi connectivity index (χ1n) is 11.1. The molecule has 2 atom stereocenters. The summed E-state index contributed by atoms with van der Waals surface area (Å²) in [5.41, 5.74) is -0.539. The van der Waals surface area contributed by atoms with Gasteiger partial charge in [-0.25, -0.2) is 4.98 Å². The average molecular weight is 371 g/mol. The number of nitrogens with zero attached hydrogens (tertiary/aromatic N) is 4. The van der Waals surface area contributed by atoms with Crippen molar-refractivity contribution in [2.45, 2.75) is 38.8 Å². The predicted octanol–water partition coefficient (Wildman–Crippen LogP) is 3.77. The molecule has 0 aliphatic carbocycles. The molecule has 0 bridgehead atoms. The van der Waals surface area contributed by atoms with Gasteiger partial charge in [0, 0.05) is 14.2 Å². The molecule has 24 heavy (non-hydrogen) atoms. The van der Waals surface area contributed by atoms with E-state index in [9.17, 15) is 13.2 Å². The number of hydrogen-bond acceptors (Lipinski definition) is 6. The second kappa shape index (κ2) is 7.16. The lowest BCUT2D eigenvalue weighted by Gasteiger charge is -2.18. The maximum atomic E-state index is 13.5. The van der Waals surface area contributed by atoms with E-state index >= 15 is 0 Å². The second-order valence-corrected chi connectivity index (χ2v) is 4.64. The van der Waals surface area contributed by atoms with Gasteiger partial charge in [0.25, 0.3) is 0 Å². The molecule has 0 radical (unpaired) electrons. The minimum atomic E-state index is -5.66. The van der Waals surface area contributed by atoms with Crippen LogP contribution in [0.2, 0.25) is 5.15 Å². The monoisotopic (exact) mass is 370 g/mol. The van der Waals surface area contributed by atoms with E-state index in [0.29, 0.717) is 0 Å². The minimum absolute atomic E-state index is 0.319. The third-order valence-corrected chi connectivity index (χ3v) is 2.46. The van der Waals surface area contributed by atoms with Crippen LogP contribution in [-0.2, 0) is 0 Å². The fraction of sp³-hybridized carbons (Fsp3) is 0.429. The summed E-state index contributed by atoms with van der Waals surface area (Å²) in [6.45, 7) is -6.07. The van der Waals surface area contributed by atoms with Crippen molar-refractivity contribution in [3.8, 4) is 11.5 Å². The molecule has 0 aliphatic heterocycles. The predicted molar refractivity (Wildman–Crippen MR) is 86.0 cm³/mol. The van der Waals surface area contributed by atoms with Crippen LogP contribution in [-0.4, -0.2) is 38.1 Å². The normalized spacial score (nSPS) is 23.9. The van der Waals surface area contributed by atoms with Crippen molar-refractivity contribution in [2.24, 2.45) is 0 Å². The number of alkyl halides is 3. The van der Waals surface area contributed by atoms with Crippen LogP contribution in [0.3, 0.4) is 0 Å². The quantitative estimate of drug-likeness (QED) is 0.780. The average Bonchev–Trinajstić information content (AvgIpc) is 2.61. The Bertz CT molecular complexity index is 1060. The van der Waals surface area contributed by atoms with Gasteiger partial charge < -0.3 is 10.6 Å². The van der Waals surface area contributed by atoms with Crippen molar-refractivity contribution in [1.82, 2.24) is 19.9 Å². The van der Waals surface area contributed by atoms with Crippen molar-refractivity contribution in [1.29, 1.82) is 0 Å². The SMILES string of the molecule is [2H]c1cc(Cl)nc(-c2nc(N[C@]([2H])(C([2H])([2H])[2H])C(F)(F)F)nc(N[C@@]([2H])(C)C([2H])([2H])[2H])n2)c1[2H]. The van der Waals surface area contributed by atoms with Crippen molar-refractivity contribution < 1.29 is 26.9 Å². The van der Waals surface area contributed by atoms with E-state index in [0.717, 1.165) is 13.0 Å². The van der Waals surface area contributed by atoms with Gasteiger partial charge in [-0.05, 0) is 32.7 Å². The molecule has 0 saturated carbocycles. The molecule has 2 aromatic heterocycles. The van der Waals surface area contributed by atoms with Gasteiger partial charge in [0.2, 0.25) is 11.9 Å². The van der Waals surface area contributed by atoms with Gasteiger partial charge in [0.15, 0.2) is 5.82 Å². The number of pyridine rings is 1. The zero-order valence-corrected chi connectivity index (χ0v) is 12.6. The zero-order valence-electron chi connectivity index (χ0n) is 21.9. The fourth-order valence-electron chi connectivity index (χ4n) is 1.38. The first-order chi connectivity index (χ1) is 15.1. The Kier molecular flexibility index (Phi) is 2.63. The van der Waals surface area contributed by atoms with Gasteiger partial charge >= 0.3 is 6.18 Å². The van der Waals surface area contributed by atoms with Crippen molar-refractivity contribution in [3.05, 3.63) is 23.3 Å². The van der Waals surface area contributed by atoms with Gasteiger partial charge in [0.05, 0.1) is 5.48 Å². The largest absolute Gasteiger partial charge is 0.408 e. The topological polar surface area (TPSA) is 75.6 Å². The van der Waals surface area contributed by atoms with Crippen molar-refractivity contribution >= 4 is 23.5 Å². The first kappa shape index (κ1) is 8.80. The van der Waals surface area contributed by atoms with Crippen LogP contribution >= 0.6 is 11.6 Å². The second-order valence-electron chi connectivity index (χ2n) is 4.25. The van der Waals surface area contributed by atoms with Gasteiger partial charge in [0.1, 0.15) is 16.9 Å². The summed E-state index contributed by atoms with van der Waals surface area (Å²) in [6.07, 6.45) is -5.66. The summed E-state index contributed by atoms with van der Waals surface area (Å²) in [5, 5.41) is 3.12. The molecular formula is C14H16ClF3N6. The molecule has 0 fully saturated rings. The van der Waals surface area contributed by atoms with Crippen LogP contribution in [0.15, 0.2) is 18.2 Å². The van der Waals surface area contributed by atoms with Crippen LogP contribution in [0.25, 0.3) is 11.5 Å². The number of aromatic nitrogens is 4. The number of hydrogen-bond donors (Lipinski definition) is 2. The Labute approximate surface area is 156 Å². The molecule has 0 unspecified atom stereocenters. The van der Waals surface area contributed by atoms with E-state index in [1.807, 2.05) is 0 Å². The van der Waals surface area contributed by atoms with Gasteiger partial charge in [-0.2, -0.15) is 28.1 Å². The third-order valence-electron chi connectivity index (χ3n) is 2.27. The molecular weight excluding hydrogens is 345 g/mol. The van der Waals surface area contributed by atoms with Crippen LogP contribution in [0.1, 0.15) is 34.3 Å². The van der Waals surface area contributed by atoms with Gasteiger partial charge in [-0.1, -0.05) is 17.6 Å². The summed E-state index contributed by atoms with van der Waals surface area (Å²) in [4.78, 5) is 14.6. The minimum Gasteiger partial charge on any atom is -0.352 e. The Morgan fingerprint density at radius 3 is 2.54 bits per heavy atom.